The number of aldehydes is 1. The number of likely N-dealkylation sites (N-methyl/N-ethyl adjacent to an activating group) is 1. The van der Waals surface area contributed by atoms with Gasteiger partial charge in [0, 0.05) is 6.54 Å². The van der Waals surface area contributed by atoms with Crippen LogP contribution in [0.5, 0.6) is 0 Å². The largest absolute Gasteiger partial charge is 0.470 e. The van der Waals surface area contributed by atoms with Gasteiger partial charge in [0.25, 0.3) is 0 Å². The zero-order valence-corrected chi connectivity index (χ0v) is 6.82. The van der Waals surface area contributed by atoms with E-state index < -0.39 is 13.9 Å². The van der Waals surface area contributed by atoms with Crippen molar-refractivity contribution in [1.29, 1.82) is 0 Å². The molecule has 0 bridgehead atoms. The number of hydrogen-bond donors (Lipinski definition) is 3. The van der Waals surface area contributed by atoms with E-state index in [4.69, 9.17) is 9.79 Å². The van der Waals surface area contributed by atoms with Gasteiger partial charge in [-0.15, -0.1) is 0 Å². The zero-order chi connectivity index (χ0) is 8.91. The van der Waals surface area contributed by atoms with Gasteiger partial charge in [0.05, 0.1) is 0 Å². The summed E-state index contributed by atoms with van der Waals surface area (Å²) >= 11 is 0. The first-order valence-electron chi connectivity index (χ1n) is 2.83. The van der Waals surface area contributed by atoms with Crippen LogP contribution in [0, 0.1) is 0 Å². The highest BCUT2D eigenvalue weighted by atomic mass is 31.2. The molecule has 11 heavy (non-hydrogen) atoms. The Morgan fingerprint density at radius 3 is 2.55 bits per heavy atom. The predicted octanol–water partition coefficient (Wildman–Crippen LogP) is -1.12. The quantitative estimate of drug-likeness (QED) is 0.369. The summed E-state index contributed by atoms with van der Waals surface area (Å²) in [6, 6.07) is 0. The fourth-order valence-electron chi connectivity index (χ4n) is 0.488. The molecule has 0 aliphatic carbocycles. The van der Waals surface area contributed by atoms with E-state index in [1.54, 1.807) is 7.05 Å². The third-order valence-corrected chi connectivity index (χ3v) is 1.38. The van der Waals surface area contributed by atoms with Crippen molar-refractivity contribution in [2.24, 2.45) is 0 Å². The van der Waals surface area contributed by atoms with Gasteiger partial charge in [0.2, 0.25) is 0 Å². The van der Waals surface area contributed by atoms with Gasteiger partial charge in [-0.2, -0.15) is 0 Å². The molecule has 1 unspecified atom stereocenters. The summed E-state index contributed by atoms with van der Waals surface area (Å²) in [5, 5.41) is 2.54. The van der Waals surface area contributed by atoms with Crippen LogP contribution in [0.4, 0.5) is 0 Å². The van der Waals surface area contributed by atoms with Crippen LogP contribution >= 0.6 is 7.82 Å². The Bertz CT molecular complexity index is 166. The lowest BCUT2D eigenvalue weighted by atomic mass is 10.4. The van der Waals surface area contributed by atoms with Crippen molar-refractivity contribution in [3.05, 3.63) is 0 Å². The number of carbonyl (C=O) groups is 1. The Labute approximate surface area is 63.8 Å². The molecule has 66 valence electrons. The molecule has 0 aliphatic heterocycles. The van der Waals surface area contributed by atoms with Gasteiger partial charge >= 0.3 is 7.82 Å². The molecule has 0 rings (SSSR count). The van der Waals surface area contributed by atoms with Gasteiger partial charge in [0.1, 0.15) is 6.10 Å². The average molecular weight is 183 g/mol. The van der Waals surface area contributed by atoms with Crippen molar-refractivity contribution in [1.82, 2.24) is 5.32 Å². The fourth-order valence-corrected chi connectivity index (χ4v) is 0.965. The lowest BCUT2D eigenvalue weighted by Crippen LogP contribution is -2.26. The van der Waals surface area contributed by atoms with Crippen molar-refractivity contribution in [2.75, 3.05) is 13.6 Å². The lowest BCUT2D eigenvalue weighted by molar-refractivity contribution is -0.114. The first-order chi connectivity index (χ1) is 4.99. The van der Waals surface area contributed by atoms with E-state index >= 15 is 0 Å². The summed E-state index contributed by atoms with van der Waals surface area (Å²) in [5.74, 6) is 0. The molecule has 3 N–H and O–H groups in total. The predicted molar refractivity (Wildman–Crippen MR) is 36.9 cm³/mol. The number of nitrogens with one attached hydrogen (secondary N) is 1. The monoisotopic (exact) mass is 183 g/mol. The molecule has 0 saturated heterocycles. The molecule has 0 radical (unpaired) electrons. The maximum atomic E-state index is 10.2. The normalized spacial score (nSPS) is 14.5. The third kappa shape index (κ3) is 6.15. The van der Waals surface area contributed by atoms with E-state index in [0.29, 0.717) is 6.29 Å². The Morgan fingerprint density at radius 2 is 2.27 bits per heavy atom. The second-order valence-electron chi connectivity index (χ2n) is 1.83. The number of carbonyl (C=O) groups excluding carboxylic acids is 1. The van der Waals surface area contributed by atoms with Gasteiger partial charge in [0.15, 0.2) is 6.29 Å². The molecule has 0 spiro atoms. The van der Waals surface area contributed by atoms with Crippen molar-refractivity contribution in [3.63, 3.8) is 0 Å². The Hall–Kier alpha value is -0.260. The molecule has 0 aromatic heterocycles. The number of phosphoric ester groups is 1. The van der Waals surface area contributed by atoms with Gasteiger partial charge in [-0.05, 0) is 7.05 Å². The SMILES string of the molecule is CNCC(C=O)OP(=O)(O)O. The first-order valence-corrected chi connectivity index (χ1v) is 4.36. The summed E-state index contributed by atoms with van der Waals surface area (Å²) in [6.07, 6.45) is -0.767. The molecular weight excluding hydrogens is 173 g/mol. The summed E-state index contributed by atoms with van der Waals surface area (Å²) < 4.78 is 14.2. The number of rotatable bonds is 5. The third-order valence-electron chi connectivity index (χ3n) is 0.830. The molecule has 0 heterocycles. The van der Waals surface area contributed by atoms with E-state index in [2.05, 4.69) is 9.84 Å². The van der Waals surface area contributed by atoms with E-state index in [0.717, 1.165) is 0 Å². The minimum Gasteiger partial charge on any atom is -0.317 e. The molecular formula is C4H10NO5P. The van der Waals surface area contributed by atoms with Gasteiger partial charge in [-0.1, -0.05) is 0 Å². The van der Waals surface area contributed by atoms with Crippen LogP contribution in [0.2, 0.25) is 0 Å². The maximum Gasteiger partial charge on any atom is 0.470 e. The minimum atomic E-state index is -4.54. The van der Waals surface area contributed by atoms with Crippen molar-refractivity contribution < 1.29 is 23.7 Å². The van der Waals surface area contributed by atoms with Crippen molar-refractivity contribution in [3.8, 4) is 0 Å². The average Bonchev–Trinajstić information content (AvgIpc) is 1.84. The molecule has 0 saturated carbocycles. The van der Waals surface area contributed by atoms with Crippen molar-refractivity contribution in [2.45, 2.75) is 6.10 Å². The molecule has 0 amide bonds. The second-order valence-corrected chi connectivity index (χ2v) is 3.02. The molecule has 0 aromatic rings. The standard InChI is InChI=1S/C4H10NO5P/c1-5-2-4(3-6)10-11(7,8)9/h3-5H,2H2,1H3,(H2,7,8,9). The Balaban J connectivity index is 3.88. The molecule has 6 nitrogen and oxygen atoms in total. The summed E-state index contributed by atoms with van der Waals surface area (Å²) in [5.41, 5.74) is 0. The van der Waals surface area contributed by atoms with Crippen LogP contribution in [0.15, 0.2) is 0 Å². The lowest BCUT2D eigenvalue weighted by Gasteiger charge is -2.10. The van der Waals surface area contributed by atoms with Crippen LogP contribution in [-0.2, 0) is 13.9 Å². The zero-order valence-electron chi connectivity index (χ0n) is 5.93. The molecule has 7 heteroatoms. The second kappa shape index (κ2) is 4.58. The van der Waals surface area contributed by atoms with Crippen molar-refractivity contribution >= 4 is 14.1 Å². The van der Waals surface area contributed by atoms with Crippen LogP contribution in [0.1, 0.15) is 0 Å². The topological polar surface area (TPSA) is 95.9 Å². The fraction of sp³-hybridized carbons (Fsp3) is 0.750. The molecule has 0 aromatic carbocycles. The number of phosphoric acid groups is 1. The highest BCUT2D eigenvalue weighted by Gasteiger charge is 2.20. The Kier molecular flexibility index (Phi) is 4.48. The van der Waals surface area contributed by atoms with Crippen LogP contribution in [0.25, 0.3) is 0 Å². The summed E-state index contributed by atoms with van der Waals surface area (Å²) in [6.45, 7) is 0.0780. The highest BCUT2D eigenvalue weighted by molar-refractivity contribution is 7.46. The maximum absolute atomic E-state index is 10.2. The molecule has 0 aliphatic rings. The van der Waals surface area contributed by atoms with Crippen LogP contribution < -0.4 is 5.32 Å². The summed E-state index contributed by atoms with van der Waals surface area (Å²) in [4.78, 5) is 26.6. The minimum absolute atomic E-state index is 0.0780. The van der Waals surface area contributed by atoms with Gasteiger partial charge in [-0.3, -0.25) is 4.52 Å². The molecule has 1 atom stereocenters. The van der Waals surface area contributed by atoms with Gasteiger partial charge in [-0.25, -0.2) is 4.57 Å². The van der Waals surface area contributed by atoms with E-state index in [1.807, 2.05) is 0 Å². The van der Waals surface area contributed by atoms with E-state index in [9.17, 15) is 9.36 Å². The number of hydrogen-bond acceptors (Lipinski definition) is 4. The smallest absolute Gasteiger partial charge is 0.317 e. The van der Waals surface area contributed by atoms with Gasteiger partial charge < -0.3 is 19.9 Å². The van der Waals surface area contributed by atoms with Crippen LogP contribution in [0.3, 0.4) is 0 Å². The van der Waals surface area contributed by atoms with E-state index in [1.165, 1.54) is 0 Å². The summed E-state index contributed by atoms with van der Waals surface area (Å²) in [7, 11) is -3.00. The Morgan fingerprint density at radius 1 is 1.73 bits per heavy atom. The van der Waals surface area contributed by atoms with E-state index in [-0.39, 0.29) is 6.54 Å². The molecule has 0 fully saturated rings. The highest BCUT2D eigenvalue weighted by Crippen LogP contribution is 2.36. The van der Waals surface area contributed by atoms with Crippen LogP contribution in [-0.4, -0.2) is 35.8 Å². The first kappa shape index (κ1) is 10.7.